The molecule has 1 aliphatic rings. The molecule has 1 aromatic carbocycles. The standard InChI is InChI=1S/C18H16N2OS2/c1-2-13-3-5-14(6-4-13)11-16-17(21)20(18(22)23-16)12-15-7-9-19-10-8-15/h3-11H,2,12H2,1H3/b16-11-. The molecule has 0 atom stereocenters. The average Bonchev–Trinajstić information content (AvgIpc) is 2.84. The quantitative estimate of drug-likeness (QED) is 0.621. The van der Waals surface area contributed by atoms with E-state index in [4.69, 9.17) is 12.2 Å². The number of nitrogens with zero attached hydrogens (tertiary/aromatic N) is 2. The first-order valence-electron chi connectivity index (χ1n) is 7.40. The van der Waals surface area contributed by atoms with Crippen LogP contribution < -0.4 is 0 Å². The number of aromatic nitrogens is 1. The first-order chi connectivity index (χ1) is 11.2. The van der Waals surface area contributed by atoms with Crippen molar-refractivity contribution >= 4 is 40.3 Å². The maximum atomic E-state index is 12.6. The molecular formula is C18H16N2OS2. The lowest BCUT2D eigenvalue weighted by molar-refractivity contribution is -0.122. The maximum absolute atomic E-state index is 12.6. The number of amides is 1. The van der Waals surface area contributed by atoms with Crippen molar-refractivity contribution in [1.82, 2.24) is 9.88 Å². The van der Waals surface area contributed by atoms with E-state index >= 15 is 0 Å². The van der Waals surface area contributed by atoms with Crippen molar-refractivity contribution in [2.24, 2.45) is 0 Å². The summed E-state index contributed by atoms with van der Waals surface area (Å²) in [7, 11) is 0. The molecule has 1 aliphatic heterocycles. The van der Waals surface area contributed by atoms with Crippen molar-refractivity contribution in [3.05, 3.63) is 70.4 Å². The number of carbonyl (C=O) groups is 1. The number of rotatable bonds is 4. The molecule has 0 unspecified atom stereocenters. The largest absolute Gasteiger partial charge is 0.288 e. The molecule has 1 aromatic heterocycles. The SMILES string of the molecule is CCc1ccc(/C=C2\SC(=S)N(Cc3ccncc3)C2=O)cc1. The van der Waals surface area contributed by atoms with Gasteiger partial charge in [-0.05, 0) is 41.3 Å². The molecule has 0 aliphatic carbocycles. The number of thioether (sulfide) groups is 1. The third kappa shape index (κ3) is 3.68. The molecule has 2 heterocycles. The van der Waals surface area contributed by atoms with E-state index in [1.54, 1.807) is 17.3 Å². The van der Waals surface area contributed by atoms with Gasteiger partial charge in [-0.2, -0.15) is 0 Å². The molecule has 1 amide bonds. The van der Waals surface area contributed by atoms with Crippen LogP contribution in [0.5, 0.6) is 0 Å². The monoisotopic (exact) mass is 340 g/mol. The number of aryl methyl sites for hydroxylation is 1. The van der Waals surface area contributed by atoms with Crippen LogP contribution in [0.15, 0.2) is 53.7 Å². The van der Waals surface area contributed by atoms with Crippen molar-refractivity contribution in [1.29, 1.82) is 0 Å². The summed E-state index contributed by atoms with van der Waals surface area (Å²) in [5.74, 6) is -0.0311. The van der Waals surface area contributed by atoms with E-state index in [0.717, 1.165) is 17.5 Å². The van der Waals surface area contributed by atoms with Crippen molar-refractivity contribution in [3.63, 3.8) is 0 Å². The van der Waals surface area contributed by atoms with Gasteiger partial charge in [0.05, 0.1) is 11.4 Å². The van der Waals surface area contributed by atoms with Crippen LogP contribution in [0.2, 0.25) is 0 Å². The van der Waals surface area contributed by atoms with Gasteiger partial charge >= 0.3 is 0 Å². The van der Waals surface area contributed by atoms with Crippen LogP contribution >= 0.6 is 24.0 Å². The highest BCUT2D eigenvalue weighted by molar-refractivity contribution is 8.26. The Hall–Kier alpha value is -1.98. The Labute approximate surface area is 145 Å². The van der Waals surface area contributed by atoms with Crippen LogP contribution in [-0.4, -0.2) is 20.1 Å². The minimum atomic E-state index is -0.0311. The van der Waals surface area contributed by atoms with Gasteiger partial charge < -0.3 is 0 Å². The minimum Gasteiger partial charge on any atom is -0.288 e. The molecule has 0 spiro atoms. The Kier molecular flexibility index (Phi) is 4.88. The van der Waals surface area contributed by atoms with Crippen molar-refractivity contribution in [2.75, 3.05) is 0 Å². The van der Waals surface area contributed by atoms with Gasteiger partial charge in [0.1, 0.15) is 4.32 Å². The first kappa shape index (κ1) is 15.9. The van der Waals surface area contributed by atoms with E-state index < -0.39 is 0 Å². The van der Waals surface area contributed by atoms with Gasteiger partial charge in [0.15, 0.2) is 0 Å². The normalized spacial score (nSPS) is 16.4. The third-order valence-electron chi connectivity index (χ3n) is 3.65. The molecule has 0 saturated carbocycles. The summed E-state index contributed by atoms with van der Waals surface area (Å²) in [6.45, 7) is 2.61. The van der Waals surface area contributed by atoms with E-state index in [-0.39, 0.29) is 5.91 Å². The fourth-order valence-corrected chi connectivity index (χ4v) is 3.56. The highest BCUT2D eigenvalue weighted by Gasteiger charge is 2.31. The maximum Gasteiger partial charge on any atom is 0.266 e. The predicted octanol–water partition coefficient (Wildman–Crippen LogP) is 4.05. The molecule has 0 radical (unpaired) electrons. The lowest BCUT2D eigenvalue weighted by Crippen LogP contribution is -2.27. The second kappa shape index (κ2) is 7.06. The third-order valence-corrected chi connectivity index (χ3v) is 5.03. The molecule has 1 saturated heterocycles. The molecule has 0 bridgehead atoms. The van der Waals surface area contributed by atoms with E-state index in [9.17, 15) is 4.79 Å². The zero-order valence-electron chi connectivity index (χ0n) is 12.7. The van der Waals surface area contributed by atoms with Crippen molar-refractivity contribution < 1.29 is 4.79 Å². The van der Waals surface area contributed by atoms with E-state index in [0.29, 0.717) is 15.8 Å². The van der Waals surface area contributed by atoms with Crippen molar-refractivity contribution in [2.45, 2.75) is 19.9 Å². The molecule has 116 valence electrons. The fourth-order valence-electron chi connectivity index (χ4n) is 2.31. The van der Waals surface area contributed by atoms with Gasteiger partial charge in [-0.1, -0.05) is 55.2 Å². The van der Waals surface area contributed by atoms with Crippen molar-refractivity contribution in [3.8, 4) is 0 Å². The Bertz CT molecular complexity index is 754. The smallest absolute Gasteiger partial charge is 0.266 e. The van der Waals surface area contributed by atoms with E-state index in [1.165, 1.54) is 17.3 Å². The summed E-state index contributed by atoms with van der Waals surface area (Å²) in [6.07, 6.45) is 6.36. The summed E-state index contributed by atoms with van der Waals surface area (Å²) in [5, 5.41) is 0. The van der Waals surface area contributed by atoms with E-state index in [2.05, 4.69) is 24.0 Å². The van der Waals surface area contributed by atoms with Crippen LogP contribution in [0.4, 0.5) is 0 Å². The topological polar surface area (TPSA) is 33.2 Å². The van der Waals surface area contributed by atoms with Crippen LogP contribution in [-0.2, 0) is 17.8 Å². The highest BCUT2D eigenvalue weighted by Crippen LogP contribution is 2.33. The van der Waals surface area contributed by atoms with Crippen LogP contribution in [0.3, 0.4) is 0 Å². The molecule has 3 nitrogen and oxygen atoms in total. The van der Waals surface area contributed by atoms with Crippen LogP contribution in [0.1, 0.15) is 23.6 Å². The second-order valence-electron chi connectivity index (χ2n) is 5.22. The lowest BCUT2D eigenvalue weighted by Gasteiger charge is -2.14. The summed E-state index contributed by atoms with van der Waals surface area (Å²) in [4.78, 5) is 18.9. The Balaban J connectivity index is 1.78. The van der Waals surface area contributed by atoms with Gasteiger partial charge in [0.2, 0.25) is 0 Å². The zero-order chi connectivity index (χ0) is 16.2. The molecule has 2 aromatic rings. The summed E-state index contributed by atoms with van der Waals surface area (Å²) < 4.78 is 0.600. The number of hydrogen-bond acceptors (Lipinski definition) is 4. The second-order valence-corrected chi connectivity index (χ2v) is 6.89. The molecule has 23 heavy (non-hydrogen) atoms. The summed E-state index contributed by atoms with van der Waals surface area (Å²) in [6, 6.07) is 12.0. The van der Waals surface area contributed by atoms with Crippen LogP contribution in [0, 0.1) is 0 Å². The zero-order valence-corrected chi connectivity index (χ0v) is 14.4. The predicted molar refractivity (Wildman–Crippen MR) is 98.8 cm³/mol. The molecule has 3 rings (SSSR count). The number of carbonyl (C=O) groups excluding carboxylic acids is 1. The van der Waals surface area contributed by atoms with Crippen LogP contribution in [0.25, 0.3) is 6.08 Å². The number of benzene rings is 1. The highest BCUT2D eigenvalue weighted by atomic mass is 32.2. The Morgan fingerprint density at radius 3 is 2.48 bits per heavy atom. The molecule has 0 N–H and O–H groups in total. The Morgan fingerprint density at radius 1 is 1.13 bits per heavy atom. The van der Waals surface area contributed by atoms with Gasteiger partial charge in [-0.25, -0.2) is 0 Å². The summed E-state index contributed by atoms with van der Waals surface area (Å²) in [5.41, 5.74) is 3.32. The molecule has 1 fully saturated rings. The van der Waals surface area contributed by atoms with E-state index in [1.807, 2.05) is 30.3 Å². The Morgan fingerprint density at radius 2 is 1.83 bits per heavy atom. The minimum absolute atomic E-state index is 0.0311. The average molecular weight is 340 g/mol. The molecular weight excluding hydrogens is 324 g/mol. The number of hydrogen-bond donors (Lipinski definition) is 0. The summed E-state index contributed by atoms with van der Waals surface area (Å²) >= 11 is 6.72. The number of pyridine rings is 1. The van der Waals surface area contributed by atoms with Gasteiger partial charge in [-0.15, -0.1) is 0 Å². The van der Waals surface area contributed by atoms with Gasteiger partial charge in [0, 0.05) is 12.4 Å². The van der Waals surface area contributed by atoms with Gasteiger partial charge in [0.25, 0.3) is 5.91 Å². The van der Waals surface area contributed by atoms with Gasteiger partial charge in [-0.3, -0.25) is 14.7 Å². The fraction of sp³-hybridized carbons (Fsp3) is 0.167. The first-order valence-corrected chi connectivity index (χ1v) is 8.63. The number of thiocarbonyl (C=S) groups is 1. The lowest BCUT2D eigenvalue weighted by atomic mass is 10.1. The molecule has 5 heteroatoms.